The van der Waals surface area contributed by atoms with Gasteiger partial charge in [-0.15, -0.1) is 0 Å². The maximum atomic E-state index is 12.7. The number of nitrogens with one attached hydrogen (secondary N) is 1. The van der Waals surface area contributed by atoms with Gasteiger partial charge in [-0.1, -0.05) is 45.2 Å². The van der Waals surface area contributed by atoms with Crippen molar-refractivity contribution >= 4 is 50.7 Å². The van der Waals surface area contributed by atoms with E-state index in [1.165, 1.54) is 7.11 Å². The molecule has 0 spiro atoms. The number of carbonyl (C=O) groups is 1. The Kier molecular flexibility index (Phi) is 8.11. The van der Waals surface area contributed by atoms with Crippen LogP contribution in [-0.2, 0) is 0 Å². The minimum Gasteiger partial charge on any atom is -0.493 e. The minimum atomic E-state index is -0.198. The van der Waals surface area contributed by atoms with Crippen LogP contribution in [0.15, 0.2) is 34.8 Å². The van der Waals surface area contributed by atoms with Crippen molar-refractivity contribution in [3.8, 4) is 11.5 Å². The molecule has 0 aromatic heterocycles. The van der Waals surface area contributed by atoms with E-state index in [1.54, 1.807) is 25.3 Å². The van der Waals surface area contributed by atoms with Crippen LogP contribution in [0.25, 0.3) is 0 Å². The van der Waals surface area contributed by atoms with Gasteiger partial charge < -0.3 is 19.7 Å². The molecule has 30 heavy (non-hydrogen) atoms. The first kappa shape index (κ1) is 23.0. The van der Waals surface area contributed by atoms with E-state index in [4.69, 9.17) is 32.7 Å². The lowest BCUT2D eigenvalue weighted by Gasteiger charge is -2.36. The number of methoxy groups -OCH3 is 2. The van der Waals surface area contributed by atoms with Crippen LogP contribution in [0.1, 0.15) is 10.4 Å². The van der Waals surface area contributed by atoms with Crippen LogP contribution >= 0.6 is 39.1 Å². The number of anilines is 1. The summed E-state index contributed by atoms with van der Waals surface area (Å²) in [6.45, 7) is 4.76. The number of carbonyl (C=O) groups excluding carboxylic acids is 1. The van der Waals surface area contributed by atoms with Gasteiger partial charge in [0.25, 0.3) is 5.91 Å². The summed E-state index contributed by atoms with van der Waals surface area (Å²) < 4.78 is 11.4. The molecule has 1 saturated heterocycles. The monoisotopic (exact) mass is 515 g/mol. The van der Waals surface area contributed by atoms with Gasteiger partial charge in [0, 0.05) is 43.7 Å². The molecule has 2 aromatic carbocycles. The van der Waals surface area contributed by atoms with E-state index in [1.807, 2.05) is 12.1 Å². The van der Waals surface area contributed by atoms with Gasteiger partial charge in [0.15, 0.2) is 11.5 Å². The van der Waals surface area contributed by atoms with Crippen LogP contribution in [-0.4, -0.2) is 64.3 Å². The number of hydrogen-bond donors (Lipinski definition) is 1. The second-order valence-electron chi connectivity index (χ2n) is 6.85. The van der Waals surface area contributed by atoms with E-state index in [-0.39, 0.29) is 5.91 Å². The van der Waals surface area contributed by atoms with E-state index in [0.29, 0.717) is 33.7 Å². The summed E-state index contributed by atoms with van der Waals surface area (Å²) >= 11 is 15.9. The minimum absolute atomic E-state index is 0.198. The molecule has 0 unspecified atom stereocenters. The SMILES string of the molecule is COc1cc(Br)cc(C(=O)NCCN2CCN(c3cccc(Cl)c3Cl)CC2)c1OC. The van der Waals surface area contributed by atoms with Crippen molar-refractivity contribution in [2.75, 3.05) is 58.4 Å². The van der Waals surface area contributed by atoms with Gasteiger partial charge in [0.2, 0.25) is 0 Å². The summed E-state index contributed by atoms with van der Waals surface area (Å²) in [4.78, 5) is 17.2. The number of ether oxygens (including phenoxy) is 2. The Labute approximate surface area is 195 Å². The van der Waals surface area contributed by atoms with E-state index >= 15 is 0 Å². The first-order valence-corrected chi connectivity index (χ1v) is 11.1. The molecule has 0 atom stereocenters. The lowest BCUT2D eigenvalue weighted by Crippen LogP contribution is -2.48. The number of amides is 1. The van der Waals surface area contributed by atoms with Gasteiger partial charge in [-0.05, 0) is 24.3 Å². The van der Waals surface area contributed by atoms with Crippen molar-refractivity contribution in [3.05, 3.63) is 50.4 Å². The Morgan fingerprint density at radius 3 is 2.53 bits per heavy atom. The van der Waals surface area contributed by atoms with Gasteiger partial charge in [0.05, 0.1) is 35.5 Å². The summed E-state index contributed by atoms with van der Waals surface area (Å²) in [6.07, 6.45) is 0. The highest BCUT2D eigenvalue weighted by molar-refractivity contribution is 9.10. The van der Waals surface area contributed by atoms with Gasteiger partial charge >= 0.3 is 0 Å². The lowest BCUT2D eigenvalue weighted by molar-refractivity contribution is 0.0944. The third-order valence-electron chi connectivity index (χ3n) is 5.05. The Morgan fingerprint density at radius 1 is 1.13 bits per heavy atom. The van der Waals surface area contributed by atoms with E-state index < -0.39 is 0 Å². The molecule has 1 aliphatic rings. The first-order chi connectivity index (χ1) is 14.4. The molecule has 3 rings (SSSR count). The summed E-state index contributed by atoms with van der Waals surface area (Å²) in [5.41, 5.74) is 1.40. The zero-order valence-electron chi connectivity index (χ0n) is 16.9. The Morgan fingerprint density at radius 2 is 1.87 bits per heavy atom. The molecule has 162 valence electrons. The van der Waals surface area contributed by atoms with Crippen LogP contribution in [0, 0.1) is 0 Å². The average molecular weight is 517 g/mol. The molecular formula is C21H24BrCl2N3O3. The van der Waals surface area contributed by atoms with Crippen LogP contribution < -0.4 is 19.7 Å². The predicted octanol–water partition coefficient (Wildman–Crippen LogP) is 4.33. The number of rotatable bonds is 7. The number of benzene rings is 2. The van der Waals surface area contributed by atoms with Crippen molar-refractivity contribution in [2.45, 2.75) is 0 Å². The van der Waals surface area contributed by atoms with E-state index in [2.05, 4.69) is 31.0 Å². The topological polar surface area (TPSA) is 54.0 Å². The fourth-order valence-corrected chi connectivity index (χ4v) is 4.32. The zero-order valence-corrected chi connectivity index (χ0v) is 20.0. The second-order valence-corrected chi connectivity index (χ2v) is 8.55. The van der Waals surface area contributed by atoms with E-state index in [0.717, 1.165) is 42.9 Å². The molecule has 1 fully saturated rings. The quantitative estimate of drug-likeness (QED) is 0.593. The largest absolute Gasteiger partial charge is 0.493 e. The highest BCUT2D eigenvalue weighted by Gasteiger charge is 2.21. The Balaban J connectivity index is 1.52. The van der Waals surface area contributed by atoms with Gasteiger partial charge in [-0.25, -0.2) is 0 Å². The highest BCUT2D eigenvalue weighted by atomic mass is 79.9. The molecule has 1 heterocycles. The van der Waals surface area contributed by atoms with Crippen molar-refractivity contribution in [2.24, 2.45) is 0 Å². The molecule has 0 aliphatic carbocycles. The highest BCUT2D eigenvalue weighted by Crippen LogP contribution is 2.35. The summed E-state index contributed by atoms with van der Waals surface area (Å²) in [5, 5.41) is 4.13. The molecule has 6 nitrogen and oxygen atoms in total. The van der Waals surface area contributed by atoms with Gasteiger partial charge in [0.1, 0.15) is 0 Å². The number of nitrogens with zero attached hydrogens (tertiary/aromatic N) is 2. The van der Waals surface area contributed by atoms with E-state index in [9.17, 15) is 4.79 Å². The van der Waals surface area contributed by atoms with Crippen molar-refractivity contribution < 1.29 is 14.3 Å². The number of halogens is 3. The molecule has 1 aliphatic heterocycles. The molecule has 0 saturated carbocycles. The normalized spacial score (nSPS) is 14.5. The van der Waals surface area contributed by atoms with Crippen LogP contribution in [0.5, 0.6) is 11.5 Å². The zero-order chi connectivity index (χ0) is 21.7. The molecule has 2 aromatic rings. The lowest BCUT2D eigenvalue weighted by atomic mass is 10.1. The molecule has 1 amide bonds. The maximum absolute atomic E-state index is 12.7. The fourth-order valence-electron chi connectivity index (χ4n) is 3.47. The summed E-state index contributed by atoms with van der Waals surface area (Å²) in [5.74, 6) is 0.730. The average Bonchev–Trinajstić information content (AvgIpc) is 2.75. The Bertz CT molecular complexity index is 905. The molecular weight excluding hydrogens is 493 g/mol. The number of piperazine rings is 1. The summed E-state index contributed by atoms with van der Waals surface area (Å²) in [6, 6.07) is 9.19. The Hall–Kier alpha value is -1.67. The van der Waals surface area contributed by atoms with Gasteiger partial charge in [-0.2, -0.15) is 0 Å². The molecule has 0 bridgehead atoms. The second kappa shape index (κ2) is 10.6. The van der Waals surface area contributed by atoms with Crippen LogP contribution in [0.2, 0.25) is 10.0 Å². The van der Waals surface area contributed by atoms with Crippen molar-refractivity contribution in [3.63, 3.8) is 0 Å². The predicted molar refractivity (Wildman–Crippen MR) is 125 cm³/mol. The van der Waals surface area contributed by atoms with Crippen LogP contribution in [0.4, 0.5) is 5.69 Å². The van der Waals surface area contributed by atoms with Crippen LogP contribution in [0.3, 0.4) is 0 Å². The summed E-state index contributed by atoms with van der Waals surface area (Å²) in [7, 11) is 3.07. The third-order valence-corrected chi connectivity index (χ3v) is 6.31. The standard InChI is InChI=1S/C21H24BrCl2N3O3/c1-29-18-13-14(22)12-15(20(18)30-2)21(28)25-6-7-26-8-10-27(11-9-26)17-5-3-4-16(23)19(17)24/h3-5,12-13H,6-11H2,1-2H3,(H,25,28). The first-order valence-electron chi connectivity index (χ1n) is 9.55. The maximum Gasteiger partial charge on any atom is 0.255 e. The van der Waals surface area contributed by atoms with Crippen molar-refractivity contribution in [1.29, 1.82) is 0 Å². The molecule has 1 N–H and O–H groups in total. The third kappa shape index (κ3) is 5.32. The van der Waals surface area contributed by atoms with Crippen molar-refractivity contribution in [1.82, 2.24) is 10.2 Å². The molecule has 9 heteroatoms. The molecule has 0 radical (unpaired) electrons. The fraction of sp³-hybridized carbons (Fsp3) is 0.381. The smallest absolute Gasteiger partial charge is 0.255 e. The van der Waals surface area contributed by atoms with Gasteiger partial charge in [-0.3, -0.25) is 9.69 Å². The number of hydrogen-bond acceptors (Lipinski definition) is 5.